The van der Waals surface area contributed by atoms with Gasteiger partial charge >= 0.3 is 12.2 Å². The molecule has 1 fully saturated rings. The molecule has 0 atom stereocenters. The molecule has 2 aliphatic heterocycles. The first-order valence-electron chi connectivity index (χ1n) is 15.1. The van der Waals surface area contributed by atoms with Gasteiger partial charge in [0.1, 0.15) is 17.0 Å². The summed E-state index contributed by atoms with van der Waals surface area (Å²) in [5.41, 5.74) is 4.71. The number of fused-ring (bicyclic) bond motifs is 1. The van der Waals surface area contributed by atoms with E-state index in [-0.39, 0.29) is 24.0 Å². The summed E-state index contributed by atoms with van der Waals surface area (Å²) in [5.74, 6) is -0.628. The van der Waals surface area contributed by atoms with E-state index in [9.17, 15) is 19.2 Å². The molecule has 0 radical (unpaired) electrons. The summed E-state index contributed by atoms with van der Waals surface area (Å²) in [4.78, 5) is 56.3. The van der Waals surface area contributed by atoms with E-state index in [1.807, 2.05) is 4.90 Å². The number of nitrogens with one attached hydrogen (secondary N) is 2. The standard InChI is InChI=1S/C31H42ClN7O7/c1-30(2,3)45-28(42)37-12-10-19(11-13-37)26(40)35-36-27(41)22-17-23-25(34-33-22)39(29(43)46-31(4,5)6)15-14-38(23)18-20-16-21(32)8-9-24(20)44-7/h8-9,16-17,19H,10-15,18H2,1-7H3,(H,35,40)(H,36,41). The number of anilines is 2. The second kappa shape index (κ2) is 14.0. The Kier molecular flexibility index (Phi) is 10.5. The lowest BCUT2D eigenvalue weighted by Gasteiger charge is -2.37. The number of carbonyl (C=O) groups is 4. The number of carbonyl (C=O) groups excluding carboxylic acids is 4. The van der Waals surface area contributed by atoms with Crippen LogP contribution < -0.4 is 25.4 Å². The number of likely N-dealkylation sites (tertiary alicyclic amines) is 1. The second-order valence-corrected chi connectivity index (χ2v) is 13.6. The van der Waals surface area contributed by atoms with Crippen molar-refractivity contribution in [2.75, 3.05) is 43.1 Å². The van der Waals surface area contributed by atoms with Gasteiger partial charge in [-0.25, -0.2) is 9.59 Å². The van der Waals surface area contributed by atoms with Crippen molar-refractivity contribution in [1.29, 1.82) is 0 Å². The molecule has 0 spiro atoms. The number of halogens is 1. The van der Waals surface area contributed by atoms with Crippen molar-refractivity contribution in [3.05, 3.63) is 40.5 Å². The van der Waals surface area contributed by atoms with E-state index in [1.165, 1.54) is 11.0 Å². The van der Waals surface area contributed by atoms with Gasteiger partial charge in [-0.2, -0.15) is 0 Å². The van der Waals surface area contributed by atoms with E-state index >= 15 is 0 Å². The summed E-state index contributed by atoms with van der Waals surface area (Å²) in [6, 6.07) is 6.79. The number of hydrazine groups is 1. The number of benzene rings is 1. The number of rotatable bonds is 5. The molecule has 0 unspecified atom stereocenters. The van der Waals surface area contributed by atoms with Gasteiger partial charge in [0, 0.05) is 49.2 Å². The second-order valence-electron chi connectivity index (χ2n) is 13.1. The van der Waals surface area contributed by atoms with Gasteiger partial charge in [-0.3, -0.25) is 25.3 Å². The van der Waals surface area contributed by atoms with Gasteiger partial charge in [0.2, 0.25) is 5.91 Å². The molecule has 2 aromatic rings. The van der Waals surface area contributed by atoms with Crippen LogP contribution in [0.4, 0.5) is 21.1 Å². The van der Waals surface area contributed by atoms with Crippen molar-refractivity contribution in [2.24, 2.45) is 5.92 Å². The van der Waals surface area contributed by atoms with Gasteiger partial charge in [0.05, 0.1) is 12.8 Å². The fourth-order valence-electron chi connectivity index (χ4n) is 5.03. The first kappa shape index (κ1) is 34.5. The highest BCUT2D eigenvalue weighted by Crippen LogP contribution is 2.35. The van der Waals surface area contributed by atoms with Crippen LogP contribution in [0.1, 0.15) is 70.4 Å². The monoisotopic (exact) mass is 659 g/mol. The molecule has 250 valence electrons. The van der Waals surface area contributed by atoms with Crippen LogP contribution in [-0.4, -0.2) is 83.6 Å². The quantitative estimate of drug-likeness (QED) is 0.444. The molecule has 14 nitrogen and oxygen atoms in total. The number of amides is 4. The molecule has 2 N–H and O–H groups in total. The third-order valence-corrected chi connectivity index (χ3v) is 7.45. The molecule has 3 heterocycles. The SMILES string of the molecule is COc1ccc(Cl)cc1CN1CCN(C(=O)OC(C)(C)C)c2nnc(C(=O)NNC(=O)C3CCN(C(=O)OC(C)(C)C)CC3)cc21. The van der Waals surface area contributed by atoms with Crippen LogP contribution in [0.15, 0.2) is 24.3 Å². The highest BCUT2D eigenvalue weighted by atomic mass is 35.5. The van der Waals surface area contributed by atoms with Crippen molar-refractivity contribution < 1.29 is 33.4 Å². The van der Waals surface area contributed by atoms with Crippen molar-refractivity contribution in [1.82, 2.24) is 25.9 Å². The van der Waals surface area contributed by atoms with Crippen molar-refractivity contribution in [2.45, 2.75) is 72.1 Å². The number of piperidine rings is 1. The van der Waals surface area contributed by atoms with E-state index in [4.69, 9.17) is 25.8 Å². The highest BCUT2D eigenvalue weighted by Gasteiger charge is 2.34. The Labute approximate surface area is 273 Å². The largest absolute Gasteiger partial charge is 0.496 e. The summed E-state index contributed by atoms with van der Waals surface area (Å²) in [6.07, 6.45) is -0.173. The summed E-state index contributed by atoms with van der Waals surface area (Å²) >= 11 is 6.27. The van der Waals surface area contributed by atoms with Crippen LogP contribution in [-0.2, 0) is 20.8 Å². The summed E-state index contributed by atoms with van der Waals surface area (Å²) < 4.78 is 16.5. The molecule has 1 aromatic carbocycles. The Balaban J connectivity index is 1.48. The third kappa shape index (κ3) is 8.89. The Morgan fingerprint density at radius 3 is 2.17 bits per heavy atom. The van der Waals surface area contributed by atoms with Crippen molar-refractivity contribution in [3.8, 4) is 5.75 Å². The first-order valence-corrected chi connectivity index (χ1v) is 15.5. The molecule has 0 aliphatic carbocycles. The summed E-state index contributed by atoms with van der Waals surface area (Å²) in [7, 11) is 1.56. The van der Waals surface area contributed by atoms with E-state index in [2.05, 4.69) is 21.0 Å². The van der Waals surface area contributed by atoms with Crippen LogP contribution >= 0.6 is 11.6 Å². The molecule has 4 rings (SSSR count). The Morgan fingerprint density at radius 2 is 1.54 bits per heavy atom. The first-order chi connectivity index (χ1) is 21.5. The molecule has 4 amide bonds. The van der Waals surface area contributed by atoms with Gasteiger partial charge in [0.25, 0.3) is 5.91 Å². The maximum Gasteiger partial charge on any atom is 0.416 e. The molecule has 46 heavy (non-hydrogen) atoms. The van der Waals surface area contributed by atoms with Crippen LogP contribution in [0.25, 0.3) is 0 Å². The van der Waals surface area contributed by atoms with E-state index in [1.54, 1.807) is 71.8 Å². The Morgan fingerprint density at radius 1 is 0.891 bits per heavy atom. The Bertz CT molecular complexity index is 1470. The van der Waals surface area contributed by atoms with Crippen LogP contribution in [0.5, 0.6) is 5.75 Å². The van der Waals surface area contributed by atoms with Gasteiger partial charge in [-0.1, -0.05) is 11.6 Å². The average molecular weight is 660 g/mol. The van der Waals surface area contributed by atoms with Gasteiger partial charge in [-0.05, 0) is 78.6 Å². The Hall–Kier alpha value is -4.33. The predicted molar refractivity (Wildman–Crippen MR) is 171 cm³/mol. The zero-order chi connectivity index (χ0) is 33.8. The number of methoxy groups -OCH3 is 1. The fourth-order valence-corrected chi connectivity index (χ4v) is 5.22. The molecule has 0 saturated carbocycles. The summed E-state index contributed by atoms with van der Waals surface area (Å²) in [6.45, 7) is 12.4. The highest BCUT2D eigenvalue weighted by molar-refractivity contribution is 6.30. The molecule has 1 saturated heterocycles. The molecular weight excluding hydrogens is 618 g/mol. The molecule has 1 aromatic heterocycles. The molecule has 0 bridgehead atoms. The number of ether oxygens (including phenoxy) is 3. The lowest BCUT2D eigenvalue weighted by Crippen LogP contribution is -2.49. The predicted octanol–water partition coefficient (Wildman–Crippen LogP) is 4.31. The molecule has 15 heteroatoms. The fraction of sp³-hybridized carbons (Fsp3) is 0.548. The number of nitrogens with zero attached hydrogens (tertiary/aromatic N) is 5. The smallest absolute Gasteiger partial charge is 0.416 e. The molecule has 2 aliphatic rings. The van der Waals surface area contributed by atoms with Crippen LogP contribution in [0.2, 0.25) is 5.02 Å². The number of hydrogen-bond donors (Lipinski definition) is 2. The third-order valence-electron chi connectivity index (χ3n) is 7.21. The number of hydrogen-bond acceptors (Lipinski definition) is 10. The van der Waals surface area contributed by atoms with Crippen LogP contribution in [0.3, 0.4) is 0 Å². The maximum absolute atomic E-state index is 13.1. The summed E-state index contributed by atoms with van der Waals surface area (Å²) in [5, 5.41) is 8.84. The van der Waals surface area contributed by atoms with E-state index in [0.717, 1.165) is 5.56 Å². The lowest BCUT2D eigenvalue weighted by molar-refractivity contribution is -0.127. The lowest BCUT2D eigenvalue weighted by atomic mass is 9.96. The van der Waals surface area contributed by atoms with Crippen molar-refractivity contribution in [3.63, 3.8) is 0 Å². The number of aromatic nitrogens is 2. The van der Waals surface area contributed by atoms with E-state index < -0.39 is 35.2 Å². The minimum Gasteiger partial charge on any atom is -0.496 e. The minimum atomic E-state index is -0.736. The average Bonchev–Trinajstić information content (AvgIpc) is 2.98. The topological polar surface area (TPSA) is 156 Å². The zero-order valence-corrected chi connectivity index (χ0v) is 28.1. The normalized spacial score (nSPS) is 15.5. The zero-order valence-electron chi connectivity index (χ0n) is 27.3. The van der Waals surface area contributed by atoms with Gasteiger partial charge in [0.15, 0.2) is 11.5 Å². The van der Waals surface area contributed by atoms with Crippen molar-refractivity contribution >= 4 is 47.1 Å². The van der Waals surface area contributed by atoms with Gasteiger partial charge < -0.3 is 24.0 Å². The van der Waals surface area contributed by atoms with Gasteiger partial charge in [-0.15, -0.1) is 10.2 Å². The van der Waals surface area contributed by atoms with Crippen LogP contribution in [0, 0.1) is 5.92 Å². The maximum atomic E-state index is 13.1. The molecular formula is C31H42ClN7O7. The van der Waals surface area contributed by atoms with E-state index in [0.29, 0.717) is 55.5 Å². The minimum absolute atomic E-state index is 0.0760.